The predicted molar refractivity (Wildman–Crippen MR) is 216 cm³/mol. The zero-order chi connectivity index (χ0) is 42.2. The highest BCUT2D eigenvalue weighted by atomic mass is 16.5. The number of rotatable bonds is 9. The van der Waals surface area contributed by atoms with E-state index in [1.54, 1.807) is 71.6 Å². The Morgan fingerprint density at radius 2 is 1.57 bits per heavy atom. The fraction of sp³-hybridized carbons (Fsp3) is 0.279. The van der Waals surface area contributed by atoms with Gasteiger partial charge in [-0.05, 0) is 72.0 Å². The lowest BCUT2D eigenvalue weighted by atomic mass is 9.98. The average molecular weight is 815 g/mol. The lowest BCUT2D eigenvalue weighted by molar-refractivity contribution is -0.137. The van der Waals surface area contributed by atoms with Crippen LogP contribution < -0.4 is 21.2 Å². The number of hydrogen-bond acceptors (Lipinski definition) is 11. The van der Waals surface area contributed by atoms with Gasteiger partial charge >= 0.3 is 11.8 Å². The molecule has 4 aromatic carbocycles. The number of amides is 5. The third-order valence-corrected chi connectivity index (χ3v) is 11.1. The number of alkyl carbamates (subject to hydrolysis) is 1. The lowest BCUT2D eigenvalue weighted by Gasteiger charge is -2.36. The molecule has 2 saturated heterocycles. The van der Waals surface area contributed by atoms with E-state index in [4.69, 9.17) is 4.74 Å². The molecule has 3 aliphatic heterocycles. The van der Waals surface area contributed by atoms with Crippen molar-refractivity contribution in [1.29, 1.82) is 0 Å². The van der Waals surface area contributed by atoms with Crippen molar-refractivity contribution in [1.82, 2.24) is 35.2 Å². The Bertz CT molecular complexity index is 2560. The highest BCUT2D eigenvalue weighted by Crippen LogP contribution is 2.38. The summed E-state index contributed by atoms with van der Waals surface area (Å²) in [6.45, 7) is 5.79. The van der Waals surface area contributed by atoms with Crippen molar-refractivity contribution < 1.29 is 38.9 Å². The molecule has 5 N–H and O–H groups in total. The number of fused-ring (bicyclic) bond motifs is 1. The first kappa shape index (κ1) is 39.4. The number of nitrogens with zero attached hydrogens (tertiary/aromatic N) is 5. The van der Waals surface area contributed by atoms with Gasteiger partial charge in [-0.15, -0.1) is 0 Å². The predicted octanol–water partition coefficient (Wildman–Crippen LogP) is 3.91. The fourth-order valence-electron chi connectivity index (χ4n) is 7.91. The van der Waals surface area contributed by atoms with Crippen LogP contribution in [0, 0.1) is 0 Å². The van der Waals surface area contributed by atoms with Gasteiger partial charge in [0.1, 0.15) is 30.3 Å². The van der Waals surface area contributed by atoms with Crippen molar-refractivity contribution in [2.24, 2.45) is 0 Å². The summed E-state index contributed by atoms with van der Waals surface area (Å²) < 4.78 is 6.85. The molecule has 60 heavy (non-hydrogen) atoms. The van der Waals surface area contributed by atoms with Crippen LogP contribution in [0.5, 0.6) is 11.5 Å². The van der Waals surface area contributed by atoms with E-state index >= 15 is 0 Å². The summed E-state index contributed by atoms with van der Waals surface area (Å²) in [5.74, 6) is -1.68. The van der Waals surface area contributed by atoms with E-state index in [1.165, 1.54) is 15.5 Å². The Kier molecular flexibility index (Phi) is 10.6. The molecule has 17 nitrogen and oxygen atoms in total. The third kappa shape index (κ3) is 7.52. The molecule has 0 radical (unpaired) electrons. The topological polar surface area (TPSA) is 219 Å². The lowest BCUT2D eigenvalue weighted by Crippen LogP contribution is -2.55. The number of carbonyl (C=O) groups excluding carboxylic acids is 5. The number of hydrogen-bond donors (Lipinski definition) is 5. The standard InChI is InChI=1S/C43H42N8O9/c1-24(2)31-21-32(35(53)22-34(31)52)38-46-47-42(58)50(38)28-13-11-27(12-14-28)48-17-19-49(20-18-48)40(56)26-9-7-25(8-10-26)23-60-43(59)45-37-29-5-3-4-6-30(29)41(57)51(37)33-15-16-36(54)44-39(33)55/h3-14,21-22,24,33,37,52-53H,15-20,23H2,1-2H3,(H,45,59)(H,47,58)(H,44,54,55). The van der Waals surface area contributed by atoms with Gasteiger partial charge in [-0.2, -0.15) is 5.10 Å². The molecule has 2 atom stereocenters. The van der Waals surface area contributed by atoms with Crippen molar-refractivity contribution in [3.8, 4) is 28.6 Å². The first-order valence-corrected chi connectivity index (χ1v) is 19.5. The van der Waals surface area contributed by atoms with Crippen molar-refractivity contribution in [3.05, 3.63) is 123 Å². The van der Waals surface area contributed by atoms with Crippen LogP contribution in [0.4, 0.5) is 10.5 Å². The van der Waals surface area contributed by atoms with Gasteiger partial charge in [0.15, 0.2) is 5.82 Å². The number of piperidine rings is 1. The number of nitrogens with one attached hydrogen (secondary N) is 3. The number of phenols is 2. The first-order valence-electron chi connectivity index (χ1n) is 19.5. The molecule has 8 rings (SSSR count). The molecule has 3 aliphatic rings. The minimum absolute atomic E-state index is 0.0333. The number of anilines is 1. The largest absolute Gasteiger partial charge is 0.508 e. The molecule has 5 aromatic rings. The van der Waals surface area contributed by atoms with Gasteiger partial charge in [-0.25, -0.2) is 19.3 Å². The minimum Gasteiger partial charge on any atom is -0.508 e. The third-order valence-electron chi connectivity index (χ3n) is 11.1. The number of phenolic OH excluding ortho intramolecular Hbond substituents is 2. The summed E-state index contributed by atoms with van der Waals surface area (Å²) in [6, 6.07) is 22.7. The molecule has 2 unspecified atom stereocenters. The second-order valence-corrected chi connectivity index (χ2v) is 15.2. The van der Waals surface area contributed by atoms with Crippen LogP contribution >= 0.6 is 0 Å². The zero-order valence-electron chi connectivity index (χ0n) is 32.8. The second-order valence-electron chi connectivity index (χ2n) is 15.2. The summed E-state index contributed by atoms with van der Waals surface area (Å²) in [4.78, 5) is 82.3. The van der Waals surface area contributed by atoms with Crippen molar-refractivity contribution in [2.45, 2.75) is 51.4 Å². The normalized spacial score (nSPS) is 17.8. The summed E-state index contributed by atoms with van der Waals surface area (Å²) in [5.41, 5.74) is 3.82. The second kappa shape index (κ2) is 16.1. The van der Waals surface area contributed by atoms with Crippen LogP contribution in [0.2, 0.25) is 0 Å². The van der Waals surface area contributed by atoms with Crippen molar-refractivity contribution in [3.63, 3.8) is 0 Å². The highest BCUT2D eigenvalue weighted by Gasteiger charge is 2.45. The number of H-pyrrole nitrogens is 1. The van der Waals surface area contributed by atoms with E-state index in [2.05, 4.69) is 25.7 Å². The van der Waals surface area contributed by atoms with Gasteiger partial charge < -0.3 is 29.6 Å². The molecule has 1 aromatic heterocycles. The van der Waals surface area contributed by atoms with Gasteiger partial charge in [0.2, 0.25) is 11.8 Å². The summed E-state index contributed by atoms with van der Waals surface area (Å²) in [5, 5.41) is 32.6. The smallest absolute Gasteiger partial charge is 0.409 e. The molecule has 0 spiro atoms. The Labute approximate surface area is 343 Å². The van der Waals surface area contributed by atoms with Gasteiger partial charge in [0.05, 0.1) is 11.3 Å². The summed E-state index contributed by atoms with van der Waals surface area (Å²) in [6.07, 6.45) is -1.60. The Morgan fingerprint density at radius 3 is 2.27 bits per heavy atom. The Morgan fingerprint density at radius 1 is 0.867 bits per heavy atom. The zero-order valence-corrected chi connectivity index (χ0v) is 32.8. The van der Waals surface area contributed by atoms with E-state index < -0.39 is 41.7 Å². The van der Waals surface area contributed by atoms with Gasteiger partial charge in [0.25, 0.3) is 11.8 Å². The van der Waals surface area contributed by atoms with Gasteiger partial charge in [0, 0.05) is 61.0 Å². The van der Waals surface area contributed by atoms with Crippen LogP contribution in [0.1, 0.15) is 76.2 Å². The van der Waals surface area contributed by atoms with Crippen LogP contribution in [0.3, 0.4) is 0 Å². The molecule has 0 bridgehead atoms. The van der Waals surface area contributed by atoms with Crippen molar-refractivity contribution in [2.75, 3.05) is 31.1 Å². The molecule has 5 amide bonds. The highest BCUT2D eigenvalue weighted by molar-refractivity contribution is 6.06. The first-order chi connectivity index (χ1) is 28.9. The van der Waals surface area contributed by atoms with E-state index in [1.807, 2.05) is 26.0 Å². The minimum atomic E-state index is -0.974. The van der Waals surface area contributed by atoms with Crippen LogP contribution in [0.15, 0.2) is 89.7 Å². The molecule has 308 valence electrons. The van der Waals surface area contributed by atoms with E-state index in [-0.39, 0.29) is 48.6 Å². The number of ether oxygens (including phenoxy) is 1. The summed E-state index contributed by atoms with van der Waals surface area (Å²) >= 11 is 0. The summed E-state index contributed by atoms with van der Waals surface area (Å²) in [7, 11) is 0. The SMILES string of the molecule is CC(C)c1cc(-c2n[nH]c(=O)n2-c2ccc(N3CCN(C(=O)c4ccc(COC(=O)NC5c6ccccc6C(=O)N5C5CCC(=O)NC5=O)cc4)CC3)cc2)c(O)cc1O. The molecule has 17 heteroatoms. The number of benzene rings is 4. The molecular formula is C43H42N8O9. The van der Waals surface area contributed by atoms with Crippen LogP contribution in [0.25, 0.3) is 17.1 Å². The number of carbonyl (C=O) groups is 5. The van der Waals surface area contributed by atoms with E-state index in [0.717, 1.165) is 5.69 Å². The number of aromatic hydroxyl groups is 2. The number of piperazine rings is 1. The number of aromatic amines is 1. The van der Waals surface area contributed by atoms with E-state index in [0.29, 0.717) is 65.2 Å². The molecule has 4 heterocycles. The maximum absolute atomic E-state index is 13.5. The average Bonchev–Trinajstić information content (AvgIpc) is 3.76. The van der Waals surface area contributed by atoms with Crippen LogP contribution in [-0.2, 0) is 20.9 Å². The van der Waals surface area contributed by atoms with Crippen molar-refractivity contribution >= 4 is 35.4 Å². The number of aromatic nitrogens is 3. The maximum Gasteiger partial charge on any atom is 0.409 e. The monoisotopic (exact) mass is 814 g/mol. The Balaban J connectivity index is 0.856. The van der Waals surface area contributed by atoms with Gasteiger partial charge in [-0.3, -0.25) is 29.8 Å². The maximum atomic E-state index is 13.5. The fourth-order valence-corrected chi connectivity index (χ4v) is 7.91. The van der Waals surface area contributed by atoms with Crippen LogP contribution in [-0.4, -0.2) is 96.7 Å². The quantitative estimate of drug-likeness (QED) is 0.134. The molecule has 2 fully saturated rings. The Hall–Kier alpha value is -7.43. The van der Waals surface area contributed by atoms with Gasteiger partial charge in [-0.1, -0.05) is 44.2 Å². The number of imide groups is 1. The molecule has 0 aliphatic carbocycles. The van der Waals surface area contributed by atoms with E-state index in [9.17, 15) is 39.0 Å². The molecular weight excluding hydrogens is 773 g/mol. The molecule has 0 saturated carbocycles.